The quantitative estimate of drug-likeness (QED) is 0.804. The maximum atomic E-state index is 12.1. The number of aromatic nitrogens is 2. The molecule has 20 heavy (non-hydrogen) atoms. The molecule has 2 aliphatic rings. The first-order chi connectivity index (χ1) is 9.56. The van der Waals surface area contributed by atoms with E-state index in [-0.39, 0.29) is 18.0 Å². The number of rotatable bonds is 3. The van der Waals surface area contributed by atoms with E-state index in [4.69, 9.17) is 5.73 Å². The molecule has 3 heterocycles. The zero-order valence-electron chi connectivity index (χ0n) is 11.5. The molecular formula is C13H19N5O2. The van der Waals surface area contributed by atoms with Crippen LogP contribution in [0.1, 0.15) is 29.2 Å². The first-order valence-electron chi connectivity index (χ1n) is 6.89. The van der Waals surface area contributed by atoms with Gasteiger partial charge in [-0.15, -0.1) is 0 Å². The molecule has 0 saturated carbocycles. The van der Waals surface area contributed by atoms with Gasteiger partial charge in [-0.3, -0.25) is 19.2 Å². The molecule has 3 rings (SSSR count). The predicted molar refractivity (Wildman–Crippen MR) is 72.0 cm³/mol. The number of hydrogen-bond donors (Lipinski definition) is 1. The molecule has 0 bridgehead atoms. The van der Waals surface area contributed by atoms with Crippen LogP contribution in [0.15, 0.2) is 12.4 Å². The number of amides is 2. The number of hydrogen-bond acceptors (Lipinski definition) is 4. The molecule has 0 spiro atoms. The number of likely N-dealkylation sites (N-methyl/N-ethyl adjacent to an activating group) is 1. The fourth-order valence-electron chi connectivity index (χ4n) is 2.92. The summed E-state index contributed by atoms with van der Waals surface area (Å²) in [6.07, 6.45) is 5.16. The van der Waals surface area contributed by atoms with Crippen molar-refractivity contribution in [3.63, 3.8) is 0 Å². The lowest BCUT2D eigenvalue weighted by molar-refractivity contribution is -0.141. The van der Waals surface area contributed by atoms with Gasteiger partial charge in [-0.1, -0.05) is 0 Å². The summed E-state index contributed by atoms with van der Waals surface area (Å²) in [5.41, 5.74) is 5.64. The van der Waals surface area contributed by atoms with Crippen LogP contribution in [0.5, 0.6) is 0 Å². The van der Waals surface area contributed by atoms with Crippen LogP contribution in [0.25, 0.3) is 0 Å². The molecule has 0 aromatic carbocycles. The Balaban J connectivity index is 1.60. The van der Waals surface area contributed by atoms with Crippen molar-refractivity contribution in [3.8, 4) is 0 Å². The third kappa shape index (κ3) is 2.18. The van der Waals surface area contributed by atoms with E-state index in [2.05, 4.69) is 10.00 Å². The molecule has 7 nitrogen and oxygen atoms in total. The van der Waals surface area contributed by atoms with Gasteiger partial charge in [-0.25, -0.2) is 0 Å². The third-order valence-electron chi connectivity index (χ3n) is 4.22. The van der Waals surface area contributed by atoms with Crippen LogP contribution in [0.4, 0.5) is 0 Å². The van der Waals surface area contributed by atoms with Crippen LogP contribution >= 0.6 is 0 Å². The Kier molecular flexibility index (Phi) is 3.21. The molecular weight excluding hydrogens is 258 g/mol. The highest BCUT2D eigenvalue weighted by atomic mass is 16.2. The average Bonchev–Trinajstić information content (AvgIpc) is 2.82. The second-order valence-corrected chi connectivity index (χ2v) is 5.60. The summed E-state index contributed by atoms with van der Waals surface area (Å²) in [6.45, 7) is 2.45. The Bertz CT molecular complexity index is 535. The Morgan fingerprint density at radius 2 is 2.20 bits per heavy atom. The molecule has 0 aliphatic carbocycles. The lowest BCUT2D eigenvalue weighted by atomic mass is 9.98. The minimum absolute atomic E-state index is 0.0103. The Labute approximate surface area is 117 Å². The van der Waals surface area contributed by atoms with Crippen molar-refractivity contribution in [3.05, 3.63) is 18.0 Å². The summed E-state index contributed by atoms with van der Waals surface area (Å²) in [4.78, 5) is 27.1. The summed E-state index contributed by atoms with van der Waals surface area (Å²) in [7, 11) is 1.86. The van der Waals surface area contributed by atoms with Crippen LogP contribution in [0.2, 0.25) is 0 Å². The summed E-state index contributed by atoms with van der Waals surface area (Å²) in [6, 6.07) is 0.235. The van der Waals surface area contributed by atoms with E-state index in [0.717, 1.165) is 32.5 Å². The van der Waals surface area contributed by atoms with Gasteiger partial charge >= 0.3 is 0 Å². The molecule has 2 saturated heterocycles. The standard InChI is InChI=1S/C13H19N5O2/c1-16-4-2-3-11(13(16)20)17-7-10(8-17)18-6-9(5-15-18)12(14)19/h5-6,10-11H,2-4,7-8H2,1H3,(H2,14,19). The van der Waals surface area contributed by atoms with Crippen molar-refractivity contribution in [2.24, 2.45) is 5.73 Å². The van der Waals surface area contributed by atoms with Gasteiger partial charge in [-0.05, 0) is 12.8 Å². The molecule has 2 fully saturated rings. The average molecular weight is 277 g/mol. The Morgan fingerprint density at radius 3 is 2.85 bits per heavy atom. The second-order valence-electron chi connectivity index (χ2n) is 5.60. The van der Waals surface area contributed by atoms with Crippen molar-refractivity contribution in [1.29, 1.82) is 0 Å². The molecule has 0 radical (unpaired) electrons. The lowest BCUT2D eigenvalue weighted by Gasteiger charge is -2.46. The fraction of sp³-hybridized carbons (Fsp3) is 0.615. The van der Waals surface area contributed by atoms with Crippen LogP contribution in [-0.4, -0.2) is 64.1 Å². The minimum atomic E-state index is -0.462. The summed E-state index contributed by atoms with van der Waals surface area (Å²) < 4.78 is 1.77. The number of piperidine rings is 1. The topological polar surface area (TPSA) is 84.5 Å². The summed E-state index contributed by atoms with van der Waals surface area (Å²) in [5, 5.41) is 4.17. The number of primary amides is 1. The highest BCUT2D eigenvalue weighted by Crippen LogP contribution is 2.27. The first kappa shape index (κ1) is 13.1. The van der Waals surface area contributed by atoms with Crippen molar-refractivity contribution < 1.29 is 9.59 Å². The van der Waals surface area contributed by atoms with E-state index < -0.39 is 5.91 Å². The Hall–Kier alpha value is -1.89. The lowest BCUT2D eigenvalue weighted by Crippen LogP contribution is -2.59. The van der Waals surface area contributed by atoms with Crippen molar-refractivity contribution >= 4 is 11.8 Å². The number of carbonyl (C=O) groups excluding carboxylic acids is 2. The second kappa shape index (κ2) is 4.90. The first-order valence-corrected chi connectivity index (χ1v) is 6.89. The van der Waals surface area contributed by atoms with Gasteiger partial charge in [0, 0.05) is 32.9 Å². The number of likely N-dealkylation sites (tertiary alicyclic amines) is 2. The van der Waals surface area contributed by atoms with Crippen LogP contribution < -0.4 is 5.73 Å². The van der Waals surface area contributed by atoms with E-state index in [1.54, 1.807) is 15.8 Å². The molecule has 1 unspecified atom stereocenters. The van der Waals surface area contributed by atoms with Crippen molar-refractivity contribution in [1.82, 2.24) is 19.6 Å². The van der Waals surface area contributed by atoms with Gasteiger partial charge in [0.25, 0.3) is 5.91 Å². The highest BCUT2D eigenvalue weighted by molar-refractivity contribution is 5.92. The maximum Gasteiger partial charge on any atom is 0.251 e. The molecule has 108 valence electrons. The number of carbonyl (C=O) groups is 2. The zero-order chi connectivity index (χ0) is 14.3. The predicted octanol–water partition coefficient (Wildman–Crippen LogP) is -0.540. The van der Waals surface area contributed by atoms with Crippen molar-refractivity contribution in [2.45, 2.75) is 24.9 Å². The van der Waals surface area contributed by atoms with Crippen molar-refractivity contribution in [2.75, 3.05) is 26.7 Å². The smallest absolute Gasteiger partial charge is 0.251 e. The third-order valence-corrected chi connectivity index (χ3v) is 4.22. The molecule has 7 heteroatoms. The van der Waals surface area contributed by atoms with E-state index in [9.17, 15) is 9.59 Å². The van der Waals surface area contributed by atoms with Gasteiger partial charge in [0.05, 0.1) is 23.8 Å². The van der Waals surface area contributed by atoms with Crippen LogP contribution in [0, 0.1) is 0 Å². The zero-order valence-corrected chi connectivity index (χ0v) is 11.5. The monoisotopic (exact) mass is 277 g/mol. The summed E-state index contributed by atoms with van der Waals surface area (Å²) in [5.74, 6) is -0.246. The highest BCUT2D eigenvalue weighted by Gasteiger charge is 2.39. The largest absolute Gasteiger partial charge is 0.366 e. The van der Waals surface area contributed by atoms with Gasteiger partial charge < -0.3 is 10.6 Å². The fourth-order valence-corrected chi connectivity index (χ4v) is 2.92. The molecule has 1 atom stereocenters. The number of nitrogens with zero attached hydrogens (tertiary/aromatic N) is 4. The molecule has 1 aromatic heterocycles. The maximum absolute atomic E-state index is 12.1. The van der Waals surface area contributed by atoms with E-state index >= 15 is 0 Å². The van der Waals surface area contributed by atoms with E-state index in [0.29, 0.717) is 5.56 Å². The van der Waals surface area contributed by atoms with Gasteiger partial charge in [-0.2, -0.15) is 5.10 Å². The molecule has 2 aliphatic heterocycles. The van der Waals surface area contributed by atoms with E-state index in [1.165, 1.54) is 6.20 Å². The Morgan fingerprint density at radius 1 is 1.45 bits per heavy atom. The van der Waals surface area contributed by atoms with Crippen LogP contribution in [0.3, 0.4) is 0 Å². The molecule has 2 amide bonds. The van der Waals surface area contributed by atoms with Gasteiger partial charge in [0.1, 0.15) is 0 Å². The summed E-state index contributed by atoms with van der Waals surface area (Å²) >= 11 is 0. The van der Waals surface area contributed by atoms with Crippen LogP contribution in [-0.2, 0) is 4.79 Å². The van der Waals surface area contributed by atoms with E-state index in [1.807, 2.05) is 7.05 Å². The molecule has 1 aromatic rings. The van der Waals surface area contributed by atoms with Gasteiger partial charge in [0.2, 0.25) is 5.91 Å². The number of nitrogens with two attached hydrogens (primary N) is 1. The molecule has 2 N–H and O–H groups in total. The normalized spacial score (nSPS) is 24.8. The van der Waals surface area contributed by atoms with Gasteiger partial charge in [0.15, 0.2) is 0 Å². The SMILES string of the molecule is CN1CCCC(N2CC(n3cc(C(N)=O)cn3)C2)C1=O. The minimum Gasteiger partial charge on any atom is -0.366 e.